The molecule has 0 aromatic carbocycles. The second-order valence-electron chi connectivity index (χ2n) is 13.8. The van der Waals surface area contributed by atoms with Crippen LogP contribution in [0.2, 0.25) is 0 Å². The van der Waals surface area contributed by atoms with Gasteiger partial charge in [0, 0.05) is 19.6 Å². The Morgan fingerprint density at radius 3 is 1.41 bits per heavy atom. The van der Waals surface area contributed by atoms with Crippen LogP contribution in [0.5, 0.6) is 0 Å². The Hall–Kier alpha value is -2.58. The molecule has 0 bridgehead atoms. The maximum Gasteiger partial charge on any atom is 0.472 e. The molecule has 0 aliphatic heterocycles. The van der Waals surface area contributed by atoms with Gasteiger partial charge in [0.1, 0.15) is 6.10 Å². The van der Waals surface area contributed by atoms with E-state index in [1.54, 1.807) is 0 Å². The van der Waals surface area contributed by atoms with E-state index in [1.807, 2.05) is 12.2 Å². The first kappa shape index (κ1) is 53.4. The Morgan fingerprint density at radius 2 is 0.946 bits per heavy atom. The van der Waals surface area contributed by atoms with Gasteiger partial charge in [0.2, 0.25) is 0 Å². The molecule has 2 unspecified atom stereocenters. The fraction of sp³-hybridized carbons (Fsp3) is 0.638. The standard InChI is InChI=1S/C47H80NO7P/c1-3-5-7-9-11-13-15-17-18-19-20-21-22-23-24-25-26-27-29-31-33-35-37-39-42-52-44-46(45-54-56(50,51)53-43-41-48)55-47(49)40-38-36-34-32-30-28-16-14-12-10-8-6-4-2/h5-8,11-14,17-18,20-21,28,30,34,36,46H,3-4,9-10,15-16,19,22-27,29,31-33,35,37-45,48H2,1-2H3,(H,50,51)/b7-5-,8-6-,13-11-,14-12-,18-17-,21-20-,30-28-,36-34-. The zero-order valence-electron chi connectivity index (χ0n) is 35.3. The Bertz CT molecular complexity index is 1170. The van der Waals surface area contributed by atoms with Gasteiger partial charge in [0.15, 0.2) is 0 Å². The topological polar surface area (TPSA) is 117 Å². The molecule has 0 aromatic heterocycles. The molecule has 320 valence electrons. The average molecular weight is 802 g/mol. The smallest absolute Gasteiger partial charge is 0.457 e. The third-order valence-electron chi connectivity index (χ3n) is 8.51. The van der Waals surface area contributed by atoms with Crippen molar-refractivity contribution in [3.8, 4) is 0 Å². The molecular formula is C47H80NO7P. The summed E-state index contributed by atoms with van der Waals surface area (Å²) in [6.45, 7) is 4.56. The van der Waals surface area contributed by atoms with Gasteiger partial charge in [0.25, 0.3) is 0 Å². The molecule has 0 spiro atoms. The molecule has 56 heavy (non-hydrogen) atoms. The molecule has 0 radical (unpaired) electrons. The van der Waals surface area contributed by atoms with Crippen LogP contribution in [0.3, 0.4) is 0 Å². The first-order valence-electron chi connectivity index (χ1n) is 21.7. The van der Waals surface area contributed by atoms with Crippen LogP contribution in [0.4, 0.5) is 0 Å². The van der Waals surface area contributed by atoms with Crippen LogP contribution in [-0.2, 0) is 27.9 Å². The Labute approximate surface area is 342 Å². The SMILES string of the molecule is CC/C=C\C/C=C\C/C=C\C/C=C\CCCCCCCCCCCCCOCC(COP(=O)(O)OCCN)OC(=O)CC/C=C\C/C=C\C/C=C\C/C=C\CC. The summed E-state index contributed by atoms with van der Waals surface area (Å²) in [7, 11) is -4.30. The van der Waals surface area contributed by atoms with E-state index >= 15 is 0 Å². The molecule has 3 N–H and O–H groups in total. The average Bonchev–Trinajstić information content (AvgIpc) is 3.19. The Kier molecular flexibility index (Phi) is 41.5. The predicted molar refractivity (Wildman–Crippen MR) is 238 cm³/mol. The van der Waals surface area contributed by atoms with Gasteiger partial charge in [-0.1, -0.05) is 169 Å². The zero-order valence-corrected chi connectivity index (χ0v) is 36.2. The monoisotopic (exact) mass is 802 g/mol. The van der Waals surface area contributed by atoms with Crippen molar-refractivity contribution in [3.63, 3.8) is 0 Å². The summed E-state index contributed by atoms with van der Waals surface area (Å²) < 4.78 is 33.3. The highest BCUT2D eigenvalue weighted by atomic mass is 31.2. The molecule has 0 heterocycles. The second kappa shape index (κ2) is 43.5. The number of allylic oxidation sites excluding steroid dienone is 16. The van der Waals surface area contributed by atoms with Gasteiger partial charge in [-0.05, 0) is 77.0 Å². The lowest BCUT2D eigenvalue weighted by molar-refractivity contribution is -0.154. The number of carbonyl (C=O) groups excluding carboxylic acids is 1. The first-order valence-corrected chi connectivity index (χ1v) is 23.2. The first-order chi connectivity index (χ1) is 27.4. The largest absolute Gasteiger partial charge is 0.472 e. The van der Waals surface area contributed by atoms with Crippen LogP contribution in [0, 0.1) is 0 Å². The van der Waals surface area contributed by atoms with E-state index < -0.39 is 19.9 Å². The highest BCUT2D eigenvalue weighted by Crippen LogP contribution is 2.43. The molecule has 0 rings (SSSR count). The molecule has 0 aliphatic carbocycles. The van der Waals surface area contributed by atoms with E-state index in [0.717, 1.165) is 64.2 Å². The van der Waals surface area contributed by atoms with Crippen molar-refractivity contribution in [2.24, 2.45) is 5.73 Å². The minimum Gasteiger partial charge on any atom is -0.457 e. The van der Waals surface area contributed by atoms with Crippen molar-refractivity contribution in [2.75, 3.05) is 33.0 Å². The van der Waals surface area contributed by atoms with E-state index in [0.29, 0.717) is 13.0 Å². The zero-order chi connectivity index (χ0) is 40.9. The summed E-state index contributed by atoms with van der Waals surface area (Å²) in [5.41, 5.74) is 5.36. The maximum absolute atomic E-state index is 12.5. The van der Waals surface area contributed by atoms with Crippen LogP contribution in [0.25, 0.3) is 0 Å². The fourth-order valence-electron chi connectivity index (χ4n) is 5.41. The second-order valence-corrected chi connectivity index (χ2v) is 15.2. The maximum atomic E-state index is 12.5. The number of rotatable bonds is 40. The quantitative estimate of drug-likeness (QED) is 0.0272. The molecular weight excluding hydrogens is 721 g/mol. The summed E-state index contributed by atoms with van der Waals surface area (Å²) >= 11 is 0. The van der Waals surface area contributed by atoms with Gasteiger partial charge in [-0.15, -0.1) is 0 Å². The molecule has 0 aromatic rings. The molecule has 0 amide bonds. The third kappa shape index (κ3) is 42.6. The molecule has 0 fully saturated rings. The van der Waals surface area contributed by atoms with Crippen LogP contribution in [-0.4, -0.2) is 49.9 Å². The molecule has 0 aliphatic rings. The number of ether oxygens (including phenoxy) is 2. The minimum absolute atomic E-state index is 0.0794. The summed E-state index contributed by atoms with van der Waals surface area (Å²) in [6.07, 6.45) is 57.4. The van der Waals surface area contributed by atoms with Gasteiger partial charge < -0.3 is 20.1 Å². The summed E-state index contributed by atoms with van der Waals surface area (Å²) in [6, 6.07) is 0. The van der Waals surface area contributed by atoms with Gasteiger partial charge in [-0.2, -0.15) is 0 Å². The van der Waals surface area contributed by atoms with Crippen LogP contribution >= 0.6 is 7.82 Å². The fourth-order valence-corrected chi connectivity index (χ4v) is 6.18. The third-order valence-corrected chi connectivity index (χ3v) is 9.49. The highest BCUT2D eigenvalue weighted by Gasteiger charge is 2.25. The van der Waals surface area contributed by atoms with Crippen molar-refractivity contribution >= 4 is 13.8 Å². The van der Waals surface area contributed by atoms with Crippen molar-refractivity contribution in [2.45, 2.75) is 161 Å². The predicted octanol–water partition coefficient (Wildman–Crippen LogP) is 13.1. The molecule has 0 saturated heterocycles. The van der Waals surface area contributed by atoms with Crippen LogP contribution < -0.4 is 5.73 Å². The van der Waals surface area contributed by atoms with Crippen LogP contribution in [0.1, 0.15) is 155 Å². The van der Waals surface area contributed by atoms with Crippen molar-refractivity contribution in [1.29, 1.82) is 0 Å². The Morgan fingerprint density at radius 1 is 0.536 bits per heavy atom. The van der Waals surface area contributed by atoms with E-state index in [4.69, 9.17) is 24.3 Å². The molecule has 8 nitrogen and oxygen atoms in total. The Balaban J connectivity index is 4.05. The highest BCUT2D eigenvalue weighted by molar-refractivity contribution is 7.47. The summed E-state index contributed by atoms with van der Waals surface area (Å²) in [4.78, 5) is 22.4. The van der Waals surface area contributed by atoms with Gasteiger partial charge in [-0.25, -0.2) is 4.57 Å². The van der Waals surface area contributed by atoms with Crippen molar-refractivity contribution in [3.05, 3.63) is 97.2 Å². The van der Waals surface area contributed by atoms with Gasteiger partial charge in [-0.3, -0.25) is 13.8 Å². The number of phosphoric ester groups is 1. The van der Waals surface area contributed by atoms with E-state index in [9.17, 15) is 14.3 Å². The number of nitrogens with two attached hydrogens (primary N) is 1. The number of unbranched alkanes of at least 4 members (excludes halogenated alkanes) is 11. The van der Waals surface area contributed by atoms with Gasteiger partial charge >= 0.3 is 13.8 Å². The molecule has 0 saturated carbocycles. The summed E-state index contributed by atoms with van der Waals surface area (Å²) in [5.74, 6) is -0.415. The lowest BCUT2D eigenvalue weighted by Crippen LogP contribution is -2.28. The van der Waals surface area contributed by atoms with E-state index in [2.05, 4.69) is 98.9 Å². The van der Waals surface area contributed by atoms with E-state index in [1.165, 1.54) is 64.2 Å². The van der Waals surface area contributed by atoms with Gasteiger partial charge in [0.05, 0.1) is 19.8 Å². The number of phosphoric acid groups is 1. The molecule has 9 heteroatoms. The number of carbonyl (C=O) groups is 1. The van der Waals surface area contributed by atoms with Crippen molar-refractivity contribution < 1.29 is 32.8 Å². The number of esters is 1. The minimum atomic E-state index is -4.30. The summed E-state index contributed by atoms with van der Waals surface area (Å²) in [5, 5.41) is 0. The van der Waals surface area contributed by atoms with Crippen LogP contribution in [0.15, 0.2) is 97.2 Å². The van der Waals surface area contributed by atoms with E-state index in [-0.39, 0.29) is 32.8 Å². The lowest BCUT2D eigenvalue weighted by atomic mass is 10.1. The van der Waals surface area contributed by atoms with Crippen molar-refractivity contribution in [1.82, 2.24) is 0 Å². The normalized spacial score (nSPS) is 14.4. The number of hydrogen-bond acceptors (Lipinski definition) is 7. The molecule has 2 atom stereocenters. The lowest BCUT2D eigenvalue weighted by Gasteiger charge is -2.20. The number of hydrogen-bond donors (Lipinski definition) is 2.